The van der Waals surface area contributed by atoms with Gasteiger partial charge in [0, 0.05) is 28.6 Å². The van der Waals surface area contributed by atoms with Crippen molar-refractivity contribution in [3.05, 3.63) is 114 Å². The molecule has 0 aromatic heterocycles. The minimum absolute atomic E-state index is 0.215. The van der Waals surface area contributed by atoms with Crippen molar-refractivity contribution in [2.75, 3.05) is 12.0 Å². The Morgan fingerprint density at radius 3 is 2.06 bits per heavy atom. The Morgan fingerprint density at radius 1 is 0.857 bits per heavy atom. The summed E-state index contributed by atoms with van der Waals surface area (Å²) in [4.78, 5) is 2.37. The molecular weight excluding hydrogens is 449 g/mol. The lowest BCUT2D eigenvalue weighted by Gasteiger charge is -2.32. The smallest absolute Gasteiger partial charge is 0.119 e. The van der Waals surface area contributed by atoms with E-state index in [0.717, 1.165) is 35.7 Å². The zero-order chi connectivity index (χ0) is 24.8. The lowest BCUT2D eigenvalue weighted by Crippen LogP contribution is -2.24. The van der Waals surface area contributed by atoms with E-state index in [-0.39, 0.29) is 5.16 Å². The number of aromatic hydroxyl groups is 1. The highest BCUT2D eigenvalue weighted by molar-refractivity contribution is 7.48. The van der Waals surface area contributed by atoms with Crippen molar-refractivity contribution >= 4 is 25.3 Å². The second kappa shape index (κ2) is 11.0. The van der Waals surface area contributed by atoms with Crippen LogP contribution in [-0.4, -0.2) is 12.2 Å². The van der Waals surface area contributed by atoms with E-state index in [1.54, 1.807) is 13.2 Å². The molecule has 0 heterocycles. The van der Waals surface area contributed by atoms with E-state index in [1.165, 1.54) is 16.4 Å². The van der Waals surface area contributed by atoms with E-state index in [4.69, 9.17) is 4.74 Å². The number of nitrogens with zero attached hydrogens (tertiary/aromatic N) is 1. The van der Waals surface area contributed by atoms with Crippen LogP contribution in [0.3, 0.4) is 0 Å². The molecule has 4 aromatic rings. The predicted octanol–water partition coefficient (Wildman–Crippen LogP) is 7.68. The van der Waals surface area contributed by atoms with Crippen LogP contribution in [0.5, 0.6) is 11.5 Å². The number of hydrogen-bond acceptors (Lipinski definition) is 3. The van der Waals surface area contributed by atoms with E-state index in [9.17, 15) is 5.11 Å². The first kappa shape index (κ1) is 24.8. The third-order valence-corrected chi connectivity index (χ3v) is 8.57. The molecule has 0 saturated carbocycles. The van der Waals surface area contributed by atoms with Crippen LogP contribution in [0.1, 0.15) is 37.0 Å². The van der Waals surface area contributed by atoms with Crippen LogP contribution in [0.15, 0.2) is 97.1 Å². The van der Waals surface area contributed by atoms with Crippen molar-refractivity contribution in [1.82, 2.24) is 0 Å². The SMILES string of the molecule is CCC(C)(Pc1ccc(C)cc1CN(c1ccccc1)c1ccccc1)c1cc(OC)ccc1O. The van der Waals surface area contributed by atoms with Gasteiger partial charge in [-0.05, 0) is 66.7 Å². The second-order valence-electron chi connectivity index (χ2n) is 9.11. The van der Waals surface area contributed by atoms with Gasteiger partial charge >= 0.3 is 0 Å². The van der Waals surface area contributed by atoms with Gasteiger partial charge in [0.25, 0.3) is 0 Å². The summed E-state index contributed by atoms with van der Waals surface area (Å²) < 4.78 is 5.48. The number of methoxy groups -OCH3 is 1. The molecule has 1 N–H and O–H groups in total. The molecule has 2 atom stereocenters. The summed E-state index contributed by atoms with van der Waals surface area (Å²) in [6, 6.07) is 33.4. The average molecular weight is 484 g/mol. The van der Waals surface area contributed by atoms with Crippen LogP contribution in [0, 0.1) is 6.92 Å². The standard InChI is InChI=1S/C31H34NO2P/c1-5-31(3,28-21-27(34-4)17-18-29(28)33)35-30-19-16-23(2)20-24(30)22-32(25-12-8-6-9-13-25)26-14-10-7-11-15-26/h6-21,33,35H,5,22H2,1-4H3. The van der Waals surface area contributed by atoms with E-state index in [1.807, 2.05) is 12.1 Å². The van der Waals surface area contributed by atoms with E-state index < -0.39 is 0 Å². The highest BCUT2D eigenvalue weighted by Crippen LogP contribution is 2.48. The highest BCUT2D eigenvalue weighted by atomic mass is 31.1. The minimum Gasteiger partial charge on any atom is -0.508 e. The molecule has 35 heavy (non-hydrogen) atoms. The van der Waals surface area contributed by atoms with Gasteiger partial charge in [0.15, 0.2) is 0 Å². The highest BCUT2D eigenvalue weighted by Gasteiger charge is 2.30. The molecular formula is C31H34NO2P. The van der Waals surface area contributed by atoms with Gasteiger partial charge in [-0.2, -0.15) is 0 Å². The van der Waals surface area contributed by atoms with Crippen molar-refractivity contribution in [3.8, 4) is 11.5 Å². The van der Waals surface area contributed by atoms with Gasteiger partial charge in [-0.1, -0.05) is 82.6 Å². The van der Waals surface area contributed by atoms with Gasteiger partial charge in [0.1, 0.15) is 11.5 Å². The molecule has 0 aliphatic carbocycles. The van der Waals surface area contributed by atoms with Gasteiger partial charge in [-0.25, -0.2) is 0 Å². The van der Waals surface area contributed by atoms with Crippen molar-refractivity contribution < 1.29 is 9.84 Å². The van der Waals surface area contributed by atoms with Crippen LogP contribution in [-0.2, 0) is 11.7 Å². The fourth-order valence-corrected chi connectivity index (χ4v) is 6.01. The zero-order valence-corrected chi connectivity index (χ0v) is 22.0. The molecule has 4 heteroatoms. The molecule has 3 nitrogen and oxygen atoms in total. The first-order valence-corrected chi connectivity index (χ1v) is 13.1. The molecule has 4 aromatic carbocycles. The number of rotatable bonds is 9. The van der Waals surface area contributed by atoms with E-state index >= 15 is 0 Å². The Morgan fingerprint density at radius 2 is 1.49 bits per heavy atom. The normalized spacial score (nSPS) is 13.0. The maximum atomic E-state index is 10.8. The summed E-state index contributed by atoms with van der Waals surface area (Å²) in [5.74, 6) is 1.09. The number of aryl methyl sites for hydroxylation is 1. The number of benzene rings is 4. The Labute approximate surface area is 211 Å². The zero-order valence-electron chi connectivity index (χ0n) is 21.0. The lowest BCUT2D eigenvalue weighted by molar-refractivity contribution is 0.408. The van der Waals surface area contributed by atoms with Crippen LogP contribution in [0.4, 0.5) is 11.4 Å². The fourth-order valence-electron chi connectivity index (χ4n) is 4.42. The number of hydrogen-bond donors (Lipinski definition) is 1. The van der Waals surface area contributed by atoms with E-state index in [2.05, 4.69) is 105 Å². The van der Waals surface area contributed by atoms with Crippen molar-refractivity contribution in [3.63, 3.8) is 0 Å². The second-order valence-corrected chi connectivity index (χ2v) is 11.0. The molecule has 0 amide bonds. The first-order valence-electron chi connectivity index (χ1n) is 12.1. The number of para-hydroxylation sites is 2. The Kier molecular flexibility index (Phi) is 7.78. The molecule has 0 aliphatic rings. The van der Waals surface area contributed by atoms with Gasteiger partial charge < -0.3 is 14.7 Å². The molecule has 0 radical (unpaired) electrons. The summed E-state index contributed by atoms with van der Waals surface area (Å²) in [6.45, 7) is 7.36. The summed E-state index contributed by atoms with van der Waals surface area (Å²) in [7, 11) is 2.16. The Hall–Kier alpha value is -3.29. The number of ether oxygens (including phenoxy) is 1. The van der Waals surface area contributed by atoms with Crippen LogP contribution in [0.25, 0.3) is 0 Å². The molecule has 0 bridgehead atoms. The van der Waals surface area contributed by atoms with Crippen LogP contribution >= 0.6 is 8.58 Å². The topological polar surface area (TPSA) is 32.7 Å². The van der Waals surface area contributed by atoms with Gasteiger partial charge in [-0.15, -0.1) is 0 Å². The van der Waals surface area contributed by atoms with Crippen LogP contribution < -0.4 is 14.9 Å². The average Bonchev–Trinajstić information content (AvgIpc) is 2.90. The monoisotopic (exact) mass is 483 g/mol. The van der Waals surface area contributed by atoms with Crippen molar-refractivity contribution in [1.29, 1.82) is 0 Å². The van der Waals surface area contributed by atoms with Crippen molar-refractivity contribution in [2.45, 2.75) is 38.9 Å². The summed E-state index contributed by atoms with van der Waals surface area (Å²) >= 11 is 0. The fraction of sp³-hybridized carbons (Fsp3) is 0.226. The van der Waals surface area contributed by atoms with Crippen molar-refractivity contribution in [2.24, 2.45) is 0 Å². The quantitative estimate of drug-likeness (QED) is 0.248. The number of phenolic OH excluding ortho intramolecular Hbond substituents is 1. The third kappa shape index (κ3) is 5.69. The van der Waals surface area contributed by atoms with Gasteiger partial charge in [-0.3, -0.25) is 0 Å². The molecule has 0 saturated heterocycles. The van der Waals surface area contributed by atoms with E-state index in [0.29, 0.717) is 14.3 Å². The van der Waals surface area contributed by atoms with Gasteiger partial charge in [0.05, 0.1) is 7.11 Å². The third-order valence-electron chi connectivity index (χ3n) is 6.64. The number of anilines is 2. The Balaban J connectivity index is 1.75. The minimum atomic E-state index is -0.215. The molecule has 2 unspecified atom stereocenters. The molecule has 4 rings (SSSR count). The maximum Gasteiger partial charge on any atom is 0.119 e. The Bertz CT molecular complexity index is 1220. The molecule has 0 fully saturated rings. The lowest BCUT2D eigenvalue weighted by atomic mass is 9.96. The molecule has 0 spiro atoms. The summed E-state index contributed by atoms with van der Waals surface area (Å²) in [5, 5.41) is 11.9. The predicted molar refractivity (Wildman–Crippen MR) is 150 cm³/mol. The maximum absolute atomic E-state index is 10.8. The molecule has 0 aliphatic heterocycles. The summed E-state index contributed by atoms with van der Waals surface area (Å²) in [5.41, 5.74) is 5.82. The molecule has 180 valence electrons. The number of phenols is 1. The van der Waals surface area contributed by atoms with Crippen LogP contribution in [0.2, 0.25) is 0 Å². The van der Waals surface area contributed by atoms with Gasteiger partial charge in [0.2, 0.25) is 0 Å². The largest absolute Gasteiger partial charge is 0.508 e. The summed E-state index contributed by atoms with van der Waals surface area (Å²) in [6.07, 6.45) is 0.903. The first-order chi connectivity index (χ1) is 16.9.